The zero-order valence-corrected chi connectivity index (χ0v) is 15.0. The van der Waals surface area contributed by atoms with E-state index in [1.165, 1.54) is 0 Å². The average molecular weight is 352 g/mol. The molecule has 3 rings (SSSR count). The molecule has 0 saturated heterocycles. The van der Waals surface area contributed by atoms with E-state index in [1.54, 1.807) is 24.3 Å². The van der Waals surface area contributed by atoms with Gasteiger partial charge in [0.15, 0.2) is 0 Å². The SMILES string of the molecule is CC/C(=N\NS(=O)(=O)c1ccc(C)cc1)c1ccc2ccccc2c1. The molecule has 5 heteroatoms. The van der Waals surface area contributed by atoms with Crippen molar-refractivity contribution in [1.29, 1.82) is 0 Å². The molecule has 0 spiro atoms. The summed E-state index contributed by atoms with van der Waals surface area (Å²) in [5.74, 6) is 0. The van der Waals surface area contributed by atoms with E-state index in [1.807, 2.05) is 56.3 Å². The molecule has 0 fully saturated rings. The smallest absolute Gasteiger partial charge is 0.200 e. The van der Waals surface area contributed by atoms with Gasteiger partial charge in [-0.3, -0.25) is 0 Å². The standard InChI is InChI=1S/C20H20N2O2S/c1-3-20(18-11-10-16-6-4-5-7-17(16)14-18)21-22-25(23,24)19-12-8-15(2)9-13-19/h4-14,22H,3H2,1-2H3/b21-20+. The van der Waals surface area contributed by atoms with Gasteiger partial charge in [0.05, 0.1) is 10.6 Å². The summed E-state index contributed by atoms with van der Waals surface area (Å²) < 4.78 is 24.8. The lowest BCUT2D eigenvalue weighted by Gasteiger charge is -2.08. The molecule has 0 aliphatic rings. The normalized spacial score (nSPS) is 12.3. The summed E-state index contributed by atoms with van der Waals surface area (Å²) in [5.41, 5.74) is 2.61. The van der Waals surface area contributed by atoms with Crippen LogP contribution in [0.3, 0.4) is 0 Å². The Kier molecular flexibility index (Phi) is 4.86. The van der Waals surface area contributed by atoms with Gasteiger partial charge in [-0.25, -0.2) is 0 Å². The number of hydrazone groups is 1. The maximum absolute atomic E-state index is 12.4. The van der Waals surface area contributed by atoms with Gasteiger partial charge >= 0.3 is 0 Å². The van der Waals surface area contributed by atoms with E-state index in [9.17, 15) is 8.42 Å². The Hall–Kier alpha value is -2.66. The molecule has 0 heterocycles. The fourth-order valence-corrected chi connectivity index (χ4v) is 3.43. The number of hydrogen-bond donors (Lipinski definition) is 1. The Morgan fingerprint density at radius 2 is 1.64 bits per heavy atom. The van der Waals surface area contributed by atoms with Gasteiger partial charge in [0.25, 0.3) is 10.0 Å². The first-order valence-electron chi connectivity index (χ1n) is 8.14. The van der Waals surface area contributed by atoms with Crippen LogP contribution in [0.5, 0.6) is 0 Å². The Morgan fingerprint density at radius 3 is 2.32 bits per heavy atom. The Bertz CT molecular complexity index is 1020. The molecular formula is C20H20N2O2S. The number of fused-ring (bicyclic) bond motifs is 1. The first-order valence-corrected chi connectivity index (χ1v) is 9.62. The maximum atomic E-state index is 12.4. The molecule has 0 aliphatic heterocycles. The van der Waals surface area contributed by atoms with Crippen LogP contribution in [0, 0.1) is 6.92 Å². The monoisotopic (exact) mass is 352 g/mol. The minimum atomic E-state index is -3.67. The highest BCUT2D eigenvalue weighted by molar-refractivity contribution is 7.89. The van der Waals surface area contributed by atoms with E-state index < -0.39 is 10.0 Å². The number of nitrogens with zero attached hydrogens (tertiary/aromatic N) is 1. The Balaban J connectivity index is 1.90. The average Bonchev–Trinajstić information content (AvgIpc) is 2.62. The van der Waals surface area contributed by atoms with Crippen LogP contribution in [0.1, 0.15) is 24.5 Å². The van der Waals surface area contributed by atoms with Gasteiger partial charge in [0, 0.05) is 0 Å². The minimum absolute atomic E-state index is 0.204. The zero-order valence-electron chi connectivity index (χ0n) is 14.2. The van der Waals surface area contributed by atoms with Crippen LogP contribution >= 0.6 is 0 Å². The summed E-state index contributed by atoms with van der Waals surface area (Å²) in [6.07, 6.45) is 0.620. The second kappa shape index (κ2) is 7.07. The van der Waals surface area contributed by atoms with Crippen molar-refractivity contribution in [2.24, 2.45) is 5.10 Å². The van der Waals surface area contributed by atoms with Crippen LogP contribution in [0.25, 0.3) is 10.8 Å². The zero-order chi connectivity index (χ0) is 17.9. The molecule has 0 radical (unpaired) electrons. The number of nitrogens with one attached hydrogen (secondary N) is 1. The molecule has 0 amide bonds. The molecule has 0 atom stereocenters. The predicted molar refractivity (Wildman–Crippen MR) is 102 cm³/mol. The molecule has 4 nitrogen and oxygen atoms in total. The molecule has 128 valence electrons. The quantitative estimate of drug-likeness (QED) is 0.551. The van der Waals surface area contributed by atoms with Crippen LogP contribution in [-0.4, -0.2) is 14.1 Å². The highest BCUT2D eigenvalue weighted by Crippen LogP contribution is 2.17. The molecule has 0 aliphatic carbocycles. The van der Waals surface area contributed by atoms with Crippen LogP contribution in [-0.2, 0) is 10.0 Å². The maximum Gasteiger partial charge on any atom is 0.276 e. The van der Waals surface area contributed by atoms with Crippen molar-refractivity contribution in [3.63, 3.8) is 0 Å². The second-order valence-electron chi connectivity index (χ2n) is 5.88. The Morgan fingerprint density at radius 1 is 0.960 bits per heavy atom. The number of hydrogen-bond acceptors (Lipinski definition) is 3. The van der Waals surface area contributed by atoms with E-state index >= 15 is 0 Å². The van der Waals surface area contributed by atoms with Crippen molar-refractivity contribution in [3.8, 4) is 0 Å². The summed E-state index contributed by atoms with van der Waals surface area (Å²) in [7, 11) is -3.67. The van der Waals surface area contributed by atoms with Crippen molar-refractivity contribution < 1.29 is 8.42 Å². The van der Waals surface area contributed by atoms with Gasteiger partial charge < -0.3 is 0 Å². The molecule has 25 heavy (non-hydrogen) atoms. The fourth-order valence-electron chi connectivity index (χ4n) is 2.60. The summed E-state index contributed by atoms with van der Waals surface area (Å²) in [4.78, 5) is 2.56. The van der Waals surface area contributed by atoms with Gasteiger partial charge in [-0.1, -0.05) is 61.0 Å². The first kappa shape index (κ1) is 17.2. The van der Waals surface area contributed by atoms with Crippen molar-refractivity contribution in [2.75, 3.05) is 0 Å². The number of rotatable bonds is 5. The molecular weight excluding hydrogens is 332 g/mol. The van der Waals surface area contributed by atoms with Gasteiger partial charge in [-0.15, -0.1) is 0 Å². The van der Waals surface area contributed by atoms with Crippen molar-refractivity contribution >= 4 is 26.5 Å². The third kappa shape index (κ3) is 3.88. The second-order valence-corrected chi connectivity index (χ2v) is 7.54. The number of sulfonamides is 1. The van der Waals surface area contributed by atoms with E-state index in [4.69, 9.17) is 0 Å². The van der Waals surface area contributed by atoms with E-state index in [0.717, 1.165) is 21.9 Å². The van der Waals surface area contributed by atoms with Crippen LogP contribution in [0.15, 0.2) is 76.7 Å². The summed E-state index contributed by atoms with van der Waals surface area (Å²) in [5, 5.41) is 6.41. The molecule has 1 N–H and O–H groups in total. The lowest BCUT2D eigenvalue weighted by Crippen LogP contribution is -2.20. The molecule has 0 unspecified atom stereocenters. The van der Waals surface area contributed by atoms with Gasteiger partial charge in [-0.05, 0) is 47.9 Å². The third-order valence-corrected chi connectivity index (χ3v) is 5.27. The number of benzene rings is 3. The number of aryl methyl sites for hydroxylation is 1. The largest absolute Gasteiger partial charge is 0.276 e. The van der Waals surface area contributed by atoms with E-state index in [0.29, 0.717) is 12.1 Å². The van der Waals surface area contributed by atoms with Crippen LogP contribution in [0.2, 0.25) is 0 Å². The van der Waals surface area contributed by atoms with Crippen LogP contribution in [0.4, 0.5) is 0 Å². The highest BCUT2D eigenvalue weighted by atomic mass is 32.2. The lowest BCUT2D eigenvalue weighted by molar-refractivity contribution is 0.584. The molecule has 0 bridgehead atoms. The molecule has 3 aromatic carbocycles. The van der Waals surface area contributed by atoms with Gasteiger partial charge in [0.2, 0.25) is 0 Å². The van der Waals surface area contributed by atoms with Crippen molar-refractivity contribution in [3.05, 3.63) is 77.9 Å². The predicted octanol–water partition coefficient (Wildman–Crippen LogP) is 4.24. The van der Waals surface area contributed by atoms with Crippen molar-refractivity contribution in [1.82, 2.24) is 4.83 Å². The van der Waals surface area contributed by atoms with Gasteiger partial charge in [-0.2, -0.15) is 18.4 Å². The molecule has 3 aromatic rings. The lowest BCUT2D eigenvalue weighted by atomic mass is 10.0. The highest BCUT2D eigenvalue weighted by Gasteiger charge is 2.13. The Labute approximate surface area is 148 Å². The topological polar surface area (TPSA) is 58.5 Å². The van der Waals surface area contributed by atoms with Crippen molar-refractivity contribution in [2.45, 2.75) is 25.2 Å². The first-order chi connectivity index (χ1) is 12.0. The molecule has 0 saturated carbocycles. The summed E-state index contributed by atoms with van der Waals surface area (Å²) >= 11 is 0. The molecule has 0 aromatic heterocycles. The van der Waals surface area contributed by atoms with Gasteiger partial charge in [0.1, 0.15) is 0 Å². The summed E-state index contributed by atoms with van der Waals surface area (Å²) in [6.45, 7) is 3.87. The van der Waals surface area contributed by atoms with Crippen LogP contribution < -0.4 is 4.83 Å². The summed E-state index contributed by atoms with van der Waals surface area (Å²) in [6, 6.07) is 20.7. The fraction of sp³-hybridized carbons (Fsp3) is 0.150. The van der Waals surface area contributed by atoms with E-state index in [2.05, 4.69) is 9.93 Å². The van der Waals surface area contributed by atoms with E-state index in [-0.39, 0.29) is 4.90 Å². The third-order valence-electron chi connectivity index (χ3n) is 4.05. The minimum Gasteiger partial charge on any atom is -0.200 e.